The molecule has 1 aromatic carbocycles. The average Bonchev–Trinajstić information content (AvgIpc) is 2.93. The zero-order valence-electron chi connectivity index (χ0n) is 13.4. The number of hydrogen-bond acceptors (Lipinski definition) is 3. The Morgan fingerprint density at radius 1 is 1.30 bits per heavy atom. The molecule has 0 saturated carbocycles. The predicted octanol–water partition coefficient (Wildman–Crippen LogP) is 3.70. The Labute approximate surface area is 141 Å². The second-order valence-corrected chi connectivity index (χ2v) is 6.27. The summed E-state index contributed by atoms with van der Waals surface area (Å²) in [6.45, 7) is 2.82. The van der Waals surface area contributed by atoms with Crippen LogP contribution in [0.2, 0.25) is 0 Å². The molecule has 0 spiro atoms. The van der Waals surface area contributed by atoms with Crippen molar-refractivity contribution >= 4 is 18.2 Å². The normalized spacial score (nSPS) is 16.8. The third-order valence-corrected chi connectivity index (χ3v) is 4.90. The molecule has 5 heteroatoms. The number of aryl methyl sites for hydroxylation is 2. The van der Waals surface area contributed by atoms with E-state index in [9.17, 15) is 4.79 Å². The number of carbonyl (C=O) groups is 1. The van der Waals surface area contributed by atoms with Crippen LogP contribution in [0, 0.1) is 4.77 Å². The van der Waals surface area contributed by atoms with Crippen molar-refractivity contribution in [3.05, 3.63) is 52.6 Å². The number of ether oxygens (including phenoxy) is 1. The van der Waals surface area contributed by atoms with Crippen LogP contribution >= 0.6 is 12.2 Å². The summed E-state index contributed by atoms with van der Waals surface area (Å²) in [5.41, 5.74) is 2.88. The van der Waals surface area contributed by atoms with Gasteiger partial charge < -0.3 is 13.9 Å². The smallest absolute Gasteiger partial charge is 0.307 e. The number of fused-ring (bicyclic) bond motifs is 1. The van der Waals surface area contributed by atoms with E-state index in [2.05, 4.69) is 28.8 Å². The average molecular weight is 330 g/mol. The topological polar surface area (TPSA) is 36.2 Å². The lowest BCUT2D eigenvalue weighted by Crippen LogP contribution is -2.18. The van der Waals surface area contributed by atoms with Gasteiger partial charge in [-0.05, 0) is 49.5 Å². The number of esters is 1. The quantitative estimate of drug-likeness (QED) is 0.619. The molecule has 0 fully saturated rings. The summed E-state index contributed by atoms with van der Waals surface area (Å²) in [6.07, 6.45) is 7.60. The van der Waals surface area contributed by atoms with Gasteiger partial charge in [0.2, 0.25) is 0 Å². The van der Waals surface area contributed by atoms with E-state index in [4.69, 9.17) is 17.0 Å². The third kappa shape index (κ3) is 3.55. The maximum Gasteiger partial charge on any atom is 0.307 e. The molecule has 1 heterocycles. The highest BCUT2D eigenvalue weighted by Gasteiger charge is 2.20. The Bertz CT molecular complexity index is 747. The van der Waals surface area contributed by atoms with E-state index in [1.807, 2.05) is 23.9 Å². The fourth-order valence-corrected chi connectivity index (χ4v) is 3.60. The number of carbonyl (C=O) groups excluding carboxylic acids is 1. The van der Waals surface area contributed by atoms with Crippen molar-refractivity contribution in [2.45, 2.75) is 45.2 Å². The predicted molar refractivity (Wildman–Crippen MR) is 92.0 cm³/mol. The number of imidazole rings is 1. The molecule has 2 aromatic rings. The van der Waals surface area contributed by atoms with E-state index in [1.54, 1.807) is 0 Å². The van der Waals surface area contributed by atoms with Crippen LogP contribution in [0.1, 0.15) is 36.9 Å². The van der Waals surface area contributed by atoms with Gasteiger partial charge in [0, 0.05) is 25.0 Å². The third-order valence-electron chi connectivity index (χ3n) is 4.45. The van der Waals surface area contributed by atoms with Gasteiger partial charge in [0.25, 0.3) is 0 Å². The largest absolute Gasteiger partial charge is 0.466 e. The van der Waals surface area contributed by atoms with Gasteiger partial charge in [0.1, 0.15) is 0 Å². The lowest BCUT2D eigenvalue weighted by atomic mass is 9.88. The lowest BCUT2D eigenvalue weighted by molar-refractivity contribution is -0.143. The zero-order valence-corrected chi connectivity index (χ0v) is 14.2. The molecule has 4 nitrogen and oxygen atoms in total. The molecule has 0 amide bonds. The van der Waals surface area contributed by atoms with E-state index in [1.165, 1.54) is 11.1 Å². The van der Waals surface area contributed by atoms with Gasteiger partial charge in [-0.2, -0.15) is 0 Å². The molecule has 23 heavy (non-hydrogen) atoms. The summed E-state index contributed by atoms with van der Waals surface area (Å²) in [6, 6.07) is 9.04. The molecule has 0 N–H and O–H groups in total. The SMILES string of the molecule is CCOC(=O)CCn1ccn(C2CCc3ccccc3C2)c1=S. The summed E-state index contributed by atoms with van der Waals surface area (Å²) in [5.74, 6) is -0.172. The first-order chi connectivity index (χ1) is 11.2. The van der Waals surface area contributed by atoms with Crippen LogP contribution in [0.3, 0.4) is 0 Å². The van der Waals surface area contributed by atoms with Gasteiger partial charge in [-0.3, -0.25) is 4.79 Å². The van der Waals surface area contributed by atoms with Gasteiger partial charge in [0.15, 0.2) is 4.77 Å². The number of nitrogens with zero attached hydrogens (tertiary/aromatic N) is 2. The first-order valence-electron chi connectivity index (χ1n) is 8.18. The van der Waals surface area contributed by atoms with E-state index >= 15 is 0 Å². The molecule has 0 aliphatic heterocycles. The summed E-state index contributed by atoms with van der Waals surface area (Å²) in [7, 11) is 0. The van der Waals surface area contributed by atoms with Crippen LogP contribution < -0.4 is 0 Å². The molecule has 1 aliphatic carbocycles. The van der Waals surface area contributed by atoms with Crippen LogP contribution in [0.25, 0.3) is 0 Å². The lowest BCUT2D eigenvalue weighted by Gasteiger charge is -2.25. The second kappa shape index (κ2) is 7.13. The standard InChI is InChI=1S/C18H22N2O2S/c1-2-22-17(21)9-10-19-11-12-20(18(19)23)16-8-7-14-5-3-4-6-15(14)13-16/h3-6,11-12,16H,2,7-10,13H2,1H3. The van der Waals surface area contributed by atoms with Crippen LogP contribution in [-0.2, 0) is 28.9 Å². The Kier molecular flexibility index (Phi) is 4.96. The van der Waals surface area contributed by atoms with E-state index < -0.39 is 0 Å². The van der Waals surface area contributed by atoms with Gasteiger partial charge in [-0.1, -0.05) is 24.3 Å². The first-order valence-corrected chi connectivity index (χ1v) is 8.59. The fourth-order valence-electron chi connectivity index (χ4n) is 3.24. The zero-order chi connectivity index (χ0) is 16.2. The minimum Gasteiger partial charge on any atom is -0.466 e. The number of rotatable bonds is 5. The summed E-state index contributed by atoms with van der Waals surface area (Å²) < 4.78 is 9.91. The minimum absolute atomic E-state index is 0.172. The highest BCUT2D eigenvalue weighted by atomic mass is 32.1. The van der Waals surface area contributed by atoms with E-state index in [-0.39, 0.29) is 5.97 Å². The Balaban J connectivity index is 1.70. The van der Waals surface area contributed by atoms with Crippen molar-refractivity contribution in [3.8, 4) is 0 Å². The molecule has 0 saturated heterocycles. The van der Waals surface area contributed by atoms with Gasteiger partial charge >= 0.3 is 5.97 Å². The van der Waals surface area contributed by atoms with Crippen LogP contribution in [0.15, 0.2) is 36.7 Å². The highest BCUT2D eigenvalue weighted by molar-refractivity contribution is 7.71. The molecule has 1 aromatic heterocycles. The number of aromatic nitrogens is 2. The Hall–Kier alpha value is -1.88. The molecule has 122 valence electrons. The fraction of sp³-hybridized carbons (Fsp3) is 0.444. The second-order valence-electron chi connectivity index (χ2n) is 5.90. The van der Waals surface area contributed by atoms with Crippen molar-refractivity contribution in [2.75, 3.05) is 6.61 Å². The van der Waals surface area contributed by atoms with Crippen molar-refractivity contribution in [1.82, 2.24) is 9.13 Å². The molecule has 0 bridgehead atoms. The van der Waals surface area contributed by atoms with Crippen LogP contribution in [-0.4, -0.2) is 21.7 Å². The van der Waals surface area contributed by atoms with Gasteiger partial charge in [0.05, 0.1) is 13.0 Å². The minimum atomic E-state index is -0.172. The maximum absolute atomic E-state index is 11.5. The molecule has 1 aliphatic rings. The summed E-state index contributed by atoms with van der Waals surface area (Å²) in [4.78, 5) is 11.5. The van der Waals surface area contributed by atoms with E-state index in [0.29, 0.717) is 25.6 Å². The van der Waals surface area contributed by atoms with Crippen molar-refractivity contribution in [2.24, 2.45) is 0 Å². The maximum atomic E-state index is 11.5. The van der Waals surface area contributed by atoms with Crippen molar-refractivity contribution in [3.63, 3.8) is 0 Å². The number of benzene rings is 1. The Morgan fingerprint density at radius 2 is 2.09 bits per heavy atom. The molecule has 3 rings (SSSR count). The molecular weight excluding hydrogens is 308 g/mol. The molecular formula is C18H22N2O2S. The van der Waals surface area contributed by atoms with Gasteiger partial charge in [-0.15, -0.1) is 0 Å². The van der Waals surface area contributed by atoms with Crippen molar-refractivity contribution < 1.29 is 9.53 Å². The van der Waals surface area contributed by atoms with Gasteiger partial charge in [-0.25, -0.2) is 0 Å². The molecule has 1 atom stereocenters. The van der Waals surface area contributed by atoms with E-state index in [0.717, 1.165) is 24.0 Å². The monoisotopic (exact) mass is 330 g/mol. The first kappa shape index (κ1) is 16.0. The summed E-state index contributed by atoms with van der Waals surface area (Å²) in [5, 5.41) is 0. The van der Waals surface area contributed by atoms with Crippen molar-refractivity contribution in [1.29, 1.82) is 0 Å². The molecule has 1 unspecified atom stereocenters. The Morgan fingerprint density at radius 3 is 2.87 bits per heavy atom. The highest BCUT2D eigenvalue weighted by Crippen LogP contribution is 2.29. The number of hydrogen-bond donors (Lipinski definition) is 0. The van der Waals surface area contributed by atoms with Crippen LogP contribution in [0.5, 0.6) is 0 Å². The summed E-state index contributed by atoms with van der Waals surface area (Å²) >= 11 is 5.60. The van der Waals surface area contributed by atoms with Crippen LogP contribution in [0.4, 0.5) is 0 Å². The molecule has 0 radical (unpaired) electrons.